The third-order valence-electron chi connectivity index (χ3n) is 3.73. The highest BCUT2D eigenvalue weighted by molar-refractivity contribution is 4.80. The molecule has 0 radical (unpaired) electrons. The molecule has 0 amide bonds. The van der Waals surface area contributed by atoms with Crippen LogP contribution in [0.5, 0.6) is 0 Å². The molecule has 2 unspecified atom stereocenters. The lowest BCUT2D eigenvalue weighted by Crippen LogP contribution is -2.46. The van der Waals surface area contributed by atoms with Crippen LogP contribution in [0.2, 0.25) is 0 Å². The summed E-state index contributed by atoms with van der Waals surface area (Å²) in [4.78, 5) is 2.57. The van der Waals surface area contributed by atoms with E-state index in [-0.39, 0.29) is 0 Å². The van der Waals surface area contributed by atoms with E-state index in [1.165, 1.54) is 38.8 Å². The molecule has 0 aromatic heterocycles. The number of piperidine rings is 1. The zero-order chi connectivity index (χ0) is 11.8. The quantitative estimate of drug-likeness (QED) is 0.651. The number of nitrogens with two attached hydrogens (primary N) is 1. The van der Waals surface area contributed by atoms with E-state index >= 15 is 0 Å². The number of nitrogens with zero attached hydrogens (tertiary/aromatic N) is 1. The second kappa shape index (κ2) is 8.04. The van der Waals surface area contributed by atoms with Gasteiger partial charge in [-0.15, -0.1) is 0 Å². The first-order valence-corrected chi connectivity index (χ1v) is 6.83. The summed E-state index contributed by atoms with van der Waals surface area (Å²) in [6.45, 7) is 5.90. The SMILES string of the molecule is CC1CCN(CCCCCCO)C(CN)C1. The van der Waals surface area contributed by atoms with Crippen molar-refractivity contribution in [1.29, 1.82) is 0 Å². The molecule has 96 valence electrons. The monoisotopic (exact) mass is 228 g/mol. The Morgan fingerprint density at radius 3 is 2.69 bits per heavy atom. The average molecular weight is 228 g/mol. The highest BCUT2D eigenvalue weighted by Gasteiger charge is 2.24. The summed E-state index contributed by atoms with van der Waals surface area (Å²) in [5.41, 5.74) is 5.83. The number of aliphatic hydroxyl groups excluding tert-OH is 1. The van der Waals surface area contributed by atoms with Gasteiger partial charge in [-0.2, -0.15) is 0 Å². The molecule has 1 saturated heterocycles. The molecule has 3 N–H and O–H groups in total. The van der Waals surface area contributed by atoms with E-state index in [0.29, 0.717) is 12.6 Å². The molecule has 3 heteroatoms. The Kier molecular flexibility index (Phi) is 7.01. The molecule has 0 bridgehead atoms. The first-order chi connectivity index (χ1) is 7.77. The molecule has 0 aliphatic carbocycles. The minimum absolute atomic E-state index is 0.340. The van der Waals surface area contributed by atoms with Crippen LogP contribution in [0.25, 0.3) is 0 Å². The Morgan fingerprint density at radius 1 is 1.25 bits per heavy atom. The number of aliphatic hydroxyl groups is 1. The number of unbranched alkanes of at least 4 members (excludes halogenated alkanes) is 3. The lowest BCUT2D eigenvalue weighted by Gasteiger charge is -2.38. The van der Waals surface area contributed by atoms with Gasteiger partial charge in [-0.05, 0) is 44.7 Å². The van der Waals surface area contributed by atoms with Gasteiger partial charge < -0.3 is 10.8 Å². The van der Waals surface area contributed by atoms with Crippen LogP contribution in [0.3, 0.4) is 0 Å². The fourth-order valence-corrected chi connectivity index (χ4v) is 2.62. The molecule has 0 saturated carbocycles. The second-order valence-electron chi connectivity index (χ2n) is 5.19. The Morgan fingerprint density at radius 2 is 2.00 bits per heavy atom. The van der Waals surface area contributed by atoms with Gasteiger partial charge in [0.25, 0.3) is 0 Å². The molecule has 0 aromatic rings. The molecule has 2 atom stereocenters. The maximum absolute atomic E-state index is 8.70. The van der Waals surface area contributed by atoms with Gasteiger partial charge in [0.05, 0.1) is 0 Å². The highest BCUT2D eigenvalue weighted by atomic mass is 16.2. The summed E-state index contributed by atoms with van der Waals surface area (Å²) < 4.78 is 0. The van der Waals surface area contributed by atoms with Gasteiger partial charge in [0.15, 0.2) is 0 Å². The minimum atomic E-state index is 0.340. The average Bonchev–Trinajstić information content (AvgIpc) is 2.30. The van der Waals surface area contributed by atoms with Gasteiger partial charge in [-0.1, -0.05) is 19.8 Å². The lowest BCUT2D eigenvalue weighted by atomic mass is 9.92. The minimum Gasteiger partial charge on any atom is -0.396 e. The second-order valence-corrected chi connectivity index (χ2v) is 5.19. The predicted octanol–water partition coefficient (Wildman–Crippen LogP) is 1.60. The van der Waals surface area contributed by atoms with Crippen molar-refractivity contribution in [1.82, 2.24) is 4.90 Å². The molecule has 16 heavy (non-hydrogen) atoms. The van der Waals surface area contributed by atoms with E-state index in [4.69, 9.17) is 10.8 Å². The van der Waals surface area contributed by atoms with E-state index in [1.807, 2.05) is 0 Å². The van der Waals surface area contributed by atoms with E-state index in [1.54, 1.807) is 0 Å². The smallest absolute Gasteiger partial charge is 0.0431 e. The molecule has 3 nitrogen and oxygen atoms in total. The van der Waals surface area contributed by atoms with Gasteiger partial charge in [0.2, 0.25) is 0 Å². The van der Waals surface area contributed by atoms with Gasteiger partial charge in [0, 0.05) is 19.2 Å². The largest absolute Gasteiger partial charge is 0.396 e. The highest BCUT2D eigenvalue weighted by Crippen LogP contribution is 2.22. The van der Waals surface area contributed by atoms with Gasteiger partial charge >= 0.3 is 0 Å². The maximum Gasteiger partial charge on any atom is 0.0431 e. The van der Waals surface area contributed by atoms with E-state index in [0.717, 1.165) is 25.3 Å². The van der Waals surface area contributed by atoms with E-state index < -0.39 is 0 Å². The topological polar surface area (TPSA) is 49.5 Å². The predicted molar refractivity (Wildman–Crippen MR) is 68.4 cm³/mol. The lowest BCUT2D eigenvalue weighted by molar-refractivity contribution is 0.120. The first kappa shape index (κ1) is 13.9. The van der Waals surface area contributed by atoms with Crippen LogP contribution in [-0.2, 0) is 0 Å². The van der Waals surface area contributed by atoms with Crippen molar-refractivity contribution in [2.24, 2.45) is 11.7 Å². The molecule has 0 aromatic carbocycles. The number of hydrogen-bond acceptors (Lipinski definition) is 3. The third kappa shape index (κ3) is 4.81. The van der Waals surface area contributed by atoms with Crippen molar-refractivity contribution in [3.05, 3.63) is 0 Å². The normalized spacial score (nSPS) is 27.2. The number of likely N-dealkylation sites (tertiary alicyclic amines) is 1. The summed E-state index contributed by atoms with van der Waals surface area (Å²) in [7, 11) is 0. The Bertz CT molecular complexity index is 175. The summed E-state index contributed by atoms with van der Waals surface area (Å²) in [5.74, 6) is 0.846. The summed E-state index contributed by atoms with van der Waals surface area (Å²) in [6.07, 6.45) is 7.21. The molecule has 1 rings (SSSR count). The van der Waals surface area contributed by atoms with Gasteiger partial charge in [0.1, 0.15) is 0 Å². The summed E-state index contributed by atoms with van der Waals surface area (Å²) >= 11 is 0. The van der Waals surface area contributed by atoms with Crippen molar-refractivity contribution in [2.45, 2.75) is 51.5 Å². The molecular formula is C13H28N2O. The number of hydrogen-bond donors (Lipinski definition) is 2. The van der Waals surface area contributed by atoms with Crippen LogP contribution in [-0.4, -0.2) is 42.3 Å². The molecule has 1 aliphatic heterocycles. The van der Waals surface area contributed by atoms with Gasteiger partial charge in [-0.25, -0.2) is 0 Å². The first-order valence-electron chi connectivity index (χ1n) is 6.83. The fraction of sp³-hybridized carbons (Fsp3) is 1.00. The Hall–Kier alpha value is -0.120. The molecule has 1 fully saturated rings. The van der Waals surface area contributed by atoms with Crippen molar-refractivity contribution in [2.75, 3.05) is 26.2 Å². The van der Waals surface area contributed by atoms with Crippen LogP contribution >= 0.6 is 0 Å². The molecule has 1 aliphatic rings. The van der Waals surface area contributed by atoms with Gasteiger partial charge in [-0.3, -0.25) is 4.90 Å². The summed E-state index contributed by atoms with van der Waals surface area (Å²) in [6, 6.07) is 0.613. The fourth-order valence-electron chi connectivity index (χ4n) is 2.62. The zero-order valence-electron chi connectivity index (χ0n) is 10.7. The number of rotatable bonds is 7. The molecule has 1 heterocycles. The van der Waals surface area contributed by atoms with Crippen LogP contribution in [0.1, 0.15) is 45.4 Å². The standard InChI is InChI=1S/C13H28N2O/c1-12-6-8-15(13(10-12)11-14)7-4-2-3-5-9-16/h12-13,16H,2-11,14H2,1H3. The summed E-state index contributed by atoms with van der Waals surface area (Å²) in [5, 5.41) is 8.70. The van der Waals surface area contributed by atoms with Crippen LogP contribution in [0.15, 0.2) is 0 Å². The third-order valence-corrected chi connectivity index (χ3v) is 3.73. The van der Waals surface area contributed by atoms with E-state index in [2.05, 4.69) is 11.8 Å². The zero-order valence-corrected chi connectivity index (χ0v) is 10.7. The molecule has 0 spiro atoms. The van der Waals surface area contributed by atoms with Crippen LogP contribution in [0, 0.1) is 5.92 Å². The van der Waals surface area contributed by atoms with Crippen LogP contribution in [0.4, 0.5) is 0 Å². The Labute approximate surface area is 100 Å². The Balaban J connectivity index is 2.14. The molecular weight excluding hydrogens is 200 g/mol. The maximum atomic E-state index is 8.70. The van der Waals surface area contributed by atoms with Crippen LogP contribution < -0.4 is 5.73 Å². The van der Waals surface area contributed by atoms with E-state index in [9.17, 15) is 0 Å². The van der Waals surface area contributed by atoms with Crippen molar-refractivity contribution < 1.29 is 5.11 Å². The van der Waals surface area contributed by atoms with Crippen molar-refractivity contribution in [3.63, 3.8) is 0 Å². The van der Waals surface area contributed by atoms with Crippen molar-refractivity contribution in [3.8, 4) is 0 Å². The van der Waals surface area contributed by atoms with Crippen molar-refractivity contribution >= 4 is 0 Å².